The summed E-state index contributed by atoms with van der Waals surface area (Å²) in [5, 5.41) is 2.37. The first-order chi connectivity index (χ1) is 18.5. The molecule has 2 amide bonds. The Morgan fingerprint density at radius 3 is 2.59 bits per heavy atom. The molecule has 1 aliphatic heterocycles. The number of imidazole rings is 1. The van der Waals surface area contributed by atoms with E-state index in [1.54, 1.807) is 30.3 Å². The van der Waals surface area contributed by atoms with Gasteiger partial charge in [-0.05, 0) is 35.9 Å². The lowest BCUT2D eigenvalue weighted by atomic mass is 9.92. The van der Waals surface area contributed by atoms with Crippen LogP contribution < -0.4 is 5.32 Å². The van der Waals surface area contributed by atoms with Gasteiger partial charge in [0.2, 0.25) is 11.7 Å². The number of rotatable bonds is 5. The number of nitrogens with zero attached hydrogens (tertiary/aromatic N) is 2. The van der Waals surface area contributed by atoms with Crippen molar-refractivity contribution < 1.29 is 37.0 Å². The Hall–Kier alpha value is -4.39. The number of amides is 2. The molecule has 200 valence electrons. The van der Waals surface area contributed by atoms with Gasteiger partial charge in [-0.1, -0.05) is 52.3 Å². The number of carbonyl (C=O) groups is 3. The normalized spacial score (nSPS) is 16.7. The zero-order valence-electron chi connectivity index (χ0n) is 20.0. The molecule has 4 aromatic rings. The Bertz CT molecular complexity index is 1620. The standard InChI is InChI=1S/C26H18BrF3N4O5/c1-38-24(37)33-23-31-19-10-9-15(12-20(19)32-23)25(39-22(36)26(28,29)30)18-8-3-2-7-17(18)21(35)34(25)13-14-5-4-6-16(27)11-14/h2-12H,13H2,1H3,(H2,31,32,33,37). The second-order valence-electron chi connectivity index (χ2n) is 8.53. The molecule has 0 saturated heterocycles. The van der Waals surface area contributed by atoms with Gasteiger partial charge in [-0.3, -0.25) is 15.0 Å². The molecule has 1 unspecified atom stereocenters. The van der Waals surface area contributed by atoms with Gasteiger partial charge in [0.25, 0.3) is 5.91 Å². The van der Waals surface area contributed by atoms with Gasteiger partial charge >= 0.3 is 18.2 Å². The molecule has 1 atom stereocenters. The van der Waals surface area contributed by atoms with Crippen molar-refractivity contribution >= 4 is 50.9 Å². The van der Waals surface area contributed by atoms with Crippen molar-refractivity contribution in [3.63, 3.8) is 0 Å². The summed E-state index contributed by atoms with van der Waals surface area (Å²) in [7, 11) is 1.17. The number of fused-ring (bicyclic) bond motifs is 2. The minimum atomic E-state index is -5.34. The van der Waals surface area contributed by atoms with Gasteiger partial charge in [-0.2, -0.15) is 13.2 Å². The summed E-state index contributed by atoms with van der Waals surface area (Å²) in [4.78, 5) is 45.8. The smallest absolute Gasteiger partial charge is 0.453 e. The summed E-state index contributed by atoms with van der Waals surface area (Å²) >= 11 is 3.36. The summed E-state index contributed by atoms with van der Waals surface area (Å²) in [6.07, 6.45) is -6.13. The van der Waals surface area contributed by atoms with Crippen molar-refractivity contribution in [3.8, 4) is 0 Å². The number of anilines is 1. The van der Waals surface area contributed by atoms with Crippen molar-refractivity contribution in [1.82, 2.24) is 14.9 Å². The van der Waals surface area contributed by atoms with E-state index in [4.69, 9.17) is 4.74 Å². The van der Waals surface area contributed by atoms with Gasteiger partial charge in [-0.25, -0.2) is 14.6 Å². The molecule has 2 heterocycles. The average molecular weight is 603 g/mol. The Morgan fingerprint density at radius 1 is 1.10 bits per heavy atom. The van der Waals surface area contributed by atoms with E-state index in [9.17, 15) is 27.6 Å². The first-order valence-electron chi connectivity index (χ1n) is 11.3. The fourth-order valence-corrected chi connectivity index (χ4v) is 4.95. The second-order valence-corrected chi connectivity index (χ2v) is 9.45. The molecule has 13 heteroatoms. The van der Waals surface area contributed by atoms with Gasteiger partial charge in [0.15, 0.2) is 0 Å². The first kappa shape index (κ1) is 26.2. The summed E-state index contributed by atoms with van der Waals surface area (Å²) in [6, 6.07) is 17.2. The molecule has 3 aromatic carbocycles. The molecule has 0 spiro atoms. The Balaban J connectivity index is 1.73. The number of aromatic nitrogens is 2. The van der Waals surface area contributed by atoms with Gasteiger partial charge in [0, 0.05) is 21.2 Å². The molecule has 1 aliphatic rings. The third-order valence-corrected chi connectivity index (χ3v) is 6.62. The Kier molecular flexibility index (Phi) is 6.54. The predicted molar refractivity (Wildman–Crippen MR) is 136 cm³/mol. The maximum Gasteiger partial charge on any atom is 0.491 e. The van der Waals surface area contributed by atoms with Crippen LogP contribution in [0.4, 0.5) is 23.9 Å². The van der Waals surface area contributed by atoms with Crippen molar-refractivity contribution in [2.75, 3.05) is 12.4 Å². The van der Waals surface area contributed by atoms with Crippen LogP contribution in [-0.4, -0.2) is 46.1 Å². The number of alkyl halides is 3. The first-order valence-corrected chi connectivity index (χ1v) is 12.1. The molecule has 0 saturated carbocycles. The number of carbonyl (C=O) groups excluding carboxylic acids is 3. The van der Waals surface area contributed by atoms with E-state index in [-0.39, 0.29) is 29.2 Å². The summed E-state index contributed by atoms with van der Waals surface area (Å²) in [5.74, 6) is -3.08. The lowest BCUT2D eigenvalue weighted by Crippen LogP contribution is -2.49. The van der Waals surface area contributed by atoms with Crippen molar-refractivity contribution in [2.24, 2.45) is 0 Å². The fourth-order valence-electron chi connectivity index (χ4n) is 4.50. The molecule has 0 aliphatic carbocycles. The molecule has 5 rings (SSSR count). The van der Waals surface area contributed by atoms with Gasteiger partial charge in [-0.15, -0.1) is 0 Å². The molecule has 9 nitrogen and oxygen atoms in total. The summed E-state index contributed by atoms with van der Waals surface area (Å²) in [5.41, 5.74) is -0.870. The number of halogens is 4. The number of aromatic amines is 1. The summed E-state index contributed by atoms with van der Waals surface area (Å²) < 4.78 is 51.4. The van der Waals surface area contributed by atoms with Gasteiger partial charge in [0.05, 0.1) is 24.7 Å². The van der Waals surface area contributed by atoms with Crippen LogP contribution in [0.3, 0.4) is 0 Å². The third-order valence-electron chi connectivity index (χ3n) is 6.13. The third kappa shape index (κ3) is 4.69. The lowest BCUT2D eigenvalue weighted by Gasteiger charge is -2.39. The van der Waals surface area contributed by atoms with E-state index in [1.165, 1.54) is 43.5 Å². The van der Waals surface area contributed by atoms with Crippen LogP contribution in [0, 0.1) is 0 Å². The molecule has 2 N–H and O–H groups in total. The zero-order valence-corrected chi connectivity index (χ0v) is 21.6. The monoisotopic (exact) mass is 602 g/mol. The number of hydrogen-bond acceptors (Lipinski definition) is 6. The quantitative estimate of drug-likeness (QED) is 0.293. The van der Waals surface area contributed by atoms with E-state index in [2.05, 4.69) is 36.0 Å². The van der Waals surface area contributed by atoms with Crippen LogP contribution in [0.15, 0.2) is 71.2 Å². The maximum absolute atomic E-state index is 13.7. The largest absolute Gasteiger partial charge is 0.491 e. The van der Waals surface area contributed by atoms with Crippen molar-refractivity contribution in [2.45, 2.75) is 18.4 Å². The molecule has 0 radical (unpaired) electrons. The highest BCUT2D eigenvalue weighted by atomic mass is 79.9. The van der Waals surface area contributed by atoms with Crippen LogP contribution in [0.25, 0.3) is 11.0 Å². The highest BCUT2D eigenvalue weighted by Crippen LogP contribution is 2.47. The molecule has 39 heavy (non-hydrogen) atoms. The number of benzene rings is 3. The van der Waals surface area contributed by atoms with Crippen molar-refractivity contribution in [3.05, 3.63) is 93.5 Å². The second kappa shape index (κ2) is 9.73. The van der Waals surface area contributed by atoms with Crippen LogP contribution in [0.2, 0.25) is 0 Å². The SMILES string of the molecule is COC(=O)Nc1nc2ccc(C3(OC(=O)C(F)(F)F)c4ccccc4C(=O)N3Cc3cccc(Br)c3)cc2[nH]1. The average Bonchev–Trinajstić information content (AvgIpc) is 3.40. The molecule has 0 bridgehead atoms. The highest BCUT2D eigenvalue weighted by molar-refractivity contribution is 9.10. The minimum Gasteiger partial charge on any atom is -0.453 e. The van der Waals surface area contributed by atoms with Gasteiger partial charge < -0.3 is 14.5 Å². The Morgan fingerprint density at radius 2 is 1.87 bits per heavy atom. The van der Waals surface area contributed by atoms with E-state index in [0.717, 1.165) is 4.90 Å². The van der Waals surface area contributed by atoms with Crippen LogP contribution in [0.1, 0.15) is 27.0 Å². The molecule has 0 fully saturated rings. The summed E-state index contributed by atoms with van der Waals surface area (Å²) in [6.45, 7) is -0.186. The van der Waals surface area contributed by atoms with E-state index >= 15 is 0 Å². The molecular formula is C26H18BrF3N4O5. The van der Waals surface area contributed by atoms with E-state index in [0.29, 0.717) is 21.1 Å². The van der Waals surface area contributed by atoms with Gasteiger partial charge in [0.1, 0.15) is 0 Å². The van der Waals surface area contributed by atoms with E-state index < -0.39 is 29.9 Å². The Labute approximate surface area is 227 Å². The maximum atomic E-state index is 13.7. The lowest BCUT2D eigenvalue weighted by molar-refractivity contribution is -0.222. The number of ether oxygens (including phenoxy) is 2. The highest BCUT2D eigenvalue weighted by Gasteiger charge is 2.57. The fraction of sp³-hybridized carbons (Fsp3) is 0.154. The number of esters is 1. The number of nitrogens with one attached hydrogen (secondary N) is 2. The number of H-pyrrole nitrogens is 1. The van der Waals surface area contributed by atoms with Crippen LogP contribution >= 0.6 is 15.9 Å². The van der Waals surface area contributed by atoms with E-state index in [1.807, 2.05) is 0 Å². The van der Waals surface area contributed by atoms with Crippen LogP contribution in [-0.2, 0) is 26.5 Å². The van der Waals surface area contributed by atoms with Crippen LogP contribution in [0.5, 0.6) is 0 Å². The predicted octanol–water partition coefficient (Wildman–Crippen LogP) is 5.47. The minimum absolute atomic E-state index is 0.0178. The van der Waals surface area contributed by atoms with Crippen molar-refractivity contribution in [1.29, 1.82) is 0 Å². The number of hydrogen-bond donors (Lipinski definition) is 2. The molecule has 1 aromatic heterocycles. The number of methoxy groups -OCH3 is 1. The molecular weight excluding hydrogens is 585 g/mol. The zero-order chi connectivity index (χ0) is 27.9. The topological polar surface area (TPSA) is 114 Å².